The molecule has 7 heteroatoms. The topological polar surface area (TPSA) is 67.4 Å². The van der Waals surface area contributed by atoms with Crippen LogP contribution in [-0.2, 0) is 17.6 Å². The first kappa shape index (κ1) is 19.1. The van der Waals surface area contributed by atoms with Crippen LogP contribution in [-0.4, -0.2) is 17.9 Å². The summed E-state index contributed by atoms with van der Waals surface area (Å²) in [7, 11) is 0. The van der Waals surface area contributed by atoms with Crippen molar-refractivity contribution < 1.29 is 18.7 Å². The van der Waals surface area contributed by atoms with Gasteiger partial charge in [0.1, 0.15) is 0 Å². The number of fused-ring (bicyclic) bond motifs is 3. The van der Waals surface area contributed by atoms with Crippen LogP contribution in [0.3, 0.4) is 0 Å². The van der Waals surface area contributed by atoms with Gasteiger partial charge in [0.2, 0.25) is 0 Å². The number of amides is 2. The lowest BCUT2D eigenvalue weighted by Crippen LogP contribution is -2.47. The molecule has 0 fully saturated rings. The van der Waals surface area contributed by atoms with Gasteiger partial charge in [-0.3, -0.25) is 20.4 Å². The maximum Gasteiger partial charge on any atom is 0.279 e. The Morgan fingerprint density at radius 1 is 1.03 bits per heavy atom. The lowest BCUT2D eigenvalue weighted by atomic mass is 9.91. The van der Waals surface area contributed by atoms with Crippen molar-refractivity contribution in [3.63, 3.8) is 0 Å². The lowest BCUT2D eigenvalue weighted by molar-refractivity contribution is -0.128. The average Bonchev–Trinajstić information content (AvgIpc) is 3.18. The highest BCUT2D eigenvalue weighted by atomic mass is 32.1. The van der Waals surface area contributed by atoms with E-state index in [1.54, 1.807) is 6.07 Å². The van der Waals surface area contributed by atoms with Crippen LogP contribution in [0.2, 0.25) is 0 Å². The molecule has 1 unspecified atom stereocenters. The number of carbonyl (C=O) groups is 2. The molecule has 0 saturated heterocycles. The Morgan fingerprint density at radius 2 is 1.76 bits per heavy atom. The van der Waals surface area contributed by atoms with Gasteiger partial charge in [0, 0.05) is 4.88 Å². The molecular weight excluding hydrogens is 391 g/mol. The molecule has 148 valence electrons. The Balaban J connectivity index is 1.39. The zero-order chi connectivity index (χ0) is 20.4. The minimum absolute atomic E-state index is 0.0222. The molecule has 2 N–H and O–H groups in total. The quantitative estimate of drug-likeness (QED) is 0.642. The van der Waals surface area contributed by atoms with Gasteiger partial charge < -0.3 is 4.74 Å². The number of carbonyl (C=O) groups excluding carboxylic acids is 2. The van der Waals surface area contributed by atoms with Crippen LogP contribution in [0.4, 0.5) is 4.39 Å². The SMILES string of the molecule is CC(Oc1ccccc1F)C(=O)NNC(=O)c1cc2c(s1)-c1ccccc1CC2. The Kier molecular flexibility index (Phi) is 5.31. The molecule has 0 radical (unpaired) electrons. The molecule has 1 heterocycles. The Morgan fingerprint density at radius 3 is 2.59 bits per heavy atom. The van der Waals surface area contributed by atoms with E-state index in [1.165, 1.54) is 42.0 Å². The molecule has 3 aromatic rings. The number of para-hydroxylation sites is 1. The monoisotopic (exact) mass is 410 g/mol. The molecule has 2 amide bonds. The summed E-state index contributed by atoms with van der Waals surface area (Å²) in [4.78, 5) is 26.3. The summed E-state index contributed by atoms with van der Waals surface area (Å²) < 4.78 is 19.0. The number of nitrogens with one attached hydrogen (secondary N) is 2. The van der Waals surface area contributed by atoms with E-state index >= 15 is 0 Å². The van der Waals surface area contributed by atoms with Gasteiger partial charge in [0.15, 0.2) is 17.7 Å². The minimum Gasteiger partial charge on any atom is -0.478 e. The fourth-order valence-corrected chi connectivity index (χ4v) is 4.42. The van der Waals surface area contributed by atoms with Crippen molar-refractivity contribution in [2.24, 2.45) is 0 Å². The fraction of sp³-hybridized carbons (Fsp3) is 0.182. The fourth-order valence-electron chi connectivity index (χ4n) is 3.25. The summed E-state index contributed by atoms with van der Waals surface area (Å²) in [6, 6.07) is 15.9. The van der Waals surface area contributed by atoms with Gasteiger partial charge in [-0.15, -0.1) is 11.3 Å². The van der Waals surface area contributed by atoms with E-state index in [0.29, 0.717) is 4.88 Å². The van der Waals surface area contributed by atoms with E-state index < -0.39 is 23.7 Å². The van der Waals surface area contributed by atoms with E-state index in [-0.39, 0.29) is 5.75 Å². The normalized spacial score (nSPS) is 13.0. The third-order valence-electron chi connectivity index (χ3n) is 4.77. The van der Waals surface area contributed by atoms with Crippen LogP contribution in [0, 0.1) is 5.82 Å². The van der Waals surface area contributed by atoms with Crippen molar-refractivity contribution in [2.45, 2.75) is 25.9 Å². The van der Waals surface area contributed by atoms with Crippen molar-refractivity contribution in [1.29, 1.82) is 0 Å². The minimum atomic E-state index is -0.976. The van der Waals surface area contributed by atoms with Gasteiger partial charge in [0.05, 0.1) is 4.88 Å². The second kappa shape index (κ2) is 8.05. The summed E-state index contributed by atoms with van der Waals surface area (Å²) in [5, 5.41) is 0. The maximum absolute atomic E-state index is 13.6. The van der Waals surface area contributed by atoms with E-state index in [4.69, 9.17) is 4.74 Å². The van der Waals surface area contributed by atoms with Crippen LogP contribution < -0.4 is 15.6 Å². The predicted octanol–water partition coefficient (Wildman–Crippen LogP) is 3.88. The van der Waals surface area contributed by atoms with Gasteiger partial charge in [0.25, 0.3) is 11.8 Å². The molecule has 1 aliphatic carbocycles. The van der Waals surface area contributed by atoms with Crippen molar-refractivity contribution in [3.05, 3.63) is 76.4 Å². The standard InChI is InChI=1S/C22H19FN2O3S/c1-13(28-18-9-5-4-8-17(18)23)21(26)24-25-22(27)19-12-15-11-10-14-6-2-3-7-16(14)20(15)29-19/h2-9,12-13H,10-11H2,1H3,(H,24,26)(H,25,27). The maximum atomic E-state index is 13.6. The van der Waals surface area contributed by atoms with Gasteiger partial charge in [-0.2, -0.15) is 0 Å². The van der Waals surface area contributed by atoms with Crippen molar-refractivity contribution in [1.82, 2.24) is 10.9 Å². The molecule has 4 rings (SSSR count). The lowest BCUT2D eigenvalue weighted by Gasteiger charge is -2.15. The molecule has 0 saturated carbocycles. The van der Waals surface area contributed by atoms with Crippen LogP contribution in [0.15, 0.2) is 54.6 Å². The summed E-state index contributed by atoms with van der Waals surface area (Å²) in [5.41, 5.74) is 8.33. The van der Waals surface area contributed by atoms with Gasteiger partial charge >= 0.3 is 0 Å². The molecule has 1 atom stereocenters. The van der Waals surface area contributed by atoms with Crippen LogP contribution >= 0.6 is 11.3 Å². The number of thiophene rings is 1. The Bertz CT molecular complexity index is 1080. The number of halogens is 1. The summed E-state index contributed by atoms with van der Waals surface area (Å²) in [6.07, 6.45) is 0.856. The predicted molar refractivity (Wildman–Crippen MR) is 109 cm³/mol. The first-order chi connectivity index (χ1) is 14.0. The molecule has 1 aliphatic rings. The Labute approximate surface area is 171 Å². The molecule has 1 aromatic heterocycles. The highest BCUT2D eigenvalue weighted by Crippen LogP contribution is 2.39. The van der Waals surface area contributed by atoms with E-state index in [1.807, 2.05) is 18.2 Å². The second-order valence-electron chi connectivity index (χ2n) is 6.76. The van der Waals surface area contributed by atoms with Crippen molar-refractivity contribution in [3.8, 4) is 16.2 Å². The van der Waals surface area contributed by atoms with Gasteiger partial charge in [-0.1, -0.05) is 36.4 Å². The number of benzene rings is 2. The van der Waals surface area contributed by atoms with Crippen molar-refractivity contribution in [2.75, 3.05) is 0 Å². The van der Waals surface area contributed by atoms with E-state index in [2.05, 4.69) is 23.0 Å². The largest absolute Gasteiger partial charge is 0.478 e. The first-order valence-electron chi connectivity index (χ1n) is 9.25. The van der Waals surface area contributed by atoms with Gasteiger partial charge in [-0.05, 0) is 54.7 Å². The number of rotatable bonds is 4. The number of ether oxygens (including phenoxy) is 1. The zero-order valence-electron chi connectivity index (χ0n) is 15.7. The van der Waals surface area contributed by atoms with Gasteiger partial charge in [-0.25, -0.2) is 4.39 Å². The molecule has 5 nitrogen and oxygen atoms in total. The molecule has 29 heavy (non-hydrogen) atoms. The number of hydrazine groups is 1. The van der Waals surface area contributed by atoms with Crippen LogP contribution in [0.1, 0.15) is 27.7 Å². The summed E-state index contributed by atoms with van der Waals surface area (Å²) in [5.74, 6) is -1.55. The first-order valence-corrected chi connectivity index (χ1v) is 10.1. The smallest absolute Gasteiger partial charge is 0.279 e. The van der Waals surface area contributed by atoms with E-state index in [9.17, 15) is 14.0 Å². The molecule has 0 aliphatic heterocycles. The Hall–Kier alpha value is -3.19. The molecule has 0 bridgehead atoms. The number of aryl methyl sites for hydroxylation is 2. The van der Waals surface area contributed by atoms with E-state index in [0.717, 1.165) is 28.8 Å². The molecule has 2 aromatic carbocycles. The highest BCUT2D eigenvalue weighted by molar-refractivity contribution is 7.17. The summed E-state index contributed by atoms with van der Waals surface area (Å²) >= 11 is 1.41. The highest BCUT2D eigenvalue weighted by Gasteiger charge is 2.22. The van der Waals surface area contributed by atoms with Crippen molar-refractivity contribution >= 4 is 23.2 Å². The molecular formula is C22H19FN2O3S. The average molecular weight is 410 g/mol. The zero-order valence-corrected chi connectivity index (χ0v) is 16.5. The van der Waals surface area contributed by atoms with Crippen LogP contribution in [0.5, 0.6) is 5.75 Å². The third-order valence-corrected chi connectivity index (χ3v) is 5.98. The summed E-state index contributed by atoms with van der Waals surface area (Å²) in [6.45, 7) is 1.48. The second-order valence-corrected chi connectivity index (χ2v) is 7.81. The number of hydrogen-bond acceptors (Lipinski definition) is 4. The molecule has 0 spiro atoms. The number of hydrogen-bond donors (Lipinski definition) is 2. The van der Waals surface area contributed by atoms with Crippen LogP contribution in [0.25, 0.3) is 10.4 Å². The third kappa shape index (κ3) is 4.00.